The standard InChI is InChI=1S/C90H50N4O/c1-2-16-56-47-59(40-37-51(56)15-1)89-88(92-90-70-24-6-5-23-65(70)78(50-73(90)91-89)94-75-32-13-29-67-63-22-4-3-21-62(63)66-27-10-17-53-43-46-77(94)87(81(53)66)85(67)75)55-38-35-52(36-39-55)57-41-44-64-68-30-12-31-74-84(68)86-76(45-42-54-18-11-28-69(82(54)86)72(64)49-57)93(74)60-20-9-19-58(48-60)61-26-14-34-80-83(61)71-25-7-8-33-79(71)95-80/h1-50H. The Balaban J connectivity index is 0.694. The van der Waals surface area contributed by atoms with Crippen molar-refractivity contribution in [1.29, 1.82) is 0 Å². The van der Waals surface area contributed by atoms with Gasteiger partial charge in [-0.25, -0.2) is 9.97 Å². The third-order valence-corrected chi connectivity index (χ3v) is 20.9. The van der Waals surface area contributed by atoms with Gasteiger partial charge in [0.2, 0.25) is 0 Å². The van der Waals surface area contributed by atoms with Gasteiger partial charge in [-0.15, -0.1) is 0 Å². The average Bonchev–Trinajstić information content (AvgIpc) is 1.56. The van der Waals surface area contributed by atoms with Crippen LogP contribution in [0.15, 0.2) is 308 Å². The van der Waals surface area contributed by atoms with Crippen LogP contribution in [0.4, 0.5) is 0 Å². The minimum absolute atomic E-state index is 0.838. The van der Waals surface area contributed by atoms with Crippen molar-refractivity contribution in [3.63, 3.8) is 0 Å². The first kappa shape index (κ1) is 51.0. The molecule has 16 aromatic carbocycles. The van der Waals surface area contributed by atoms with E-state index in [4.69, 9.17) is 14.4 Å². The monoisotopic (exact) mass is 1200 g/mol. The molecule has 4 heterocycles. The summed E-state index contributed by atoms with van der Waals surface area (Å²) in [5, 5.41) is 16.9. The van der Waals surface area contributed by atoms with Crippen molar-refractivity contribution in [2.24, 2.45) is 0 Å². The first-order chi connectivity index (χ1) is 47.1. The number of rotatable bonds is 6. The average molecular weight is 1200 g/mol. The molecule has 22 rings (SSSR count). The van der Waals surface area contributed by atoms with Crippen LogP contribution in [-0.2, 0) is 0 Å². The van der Waals surface area contributed by atoms with Crippen molar-refractivity contribution in [3.8, 4) is 101 Å². The number of aromatic nitrogens is 4. The largest absolute Gasteiger partial charge is 0.456 e. The molecule has 5 nitrogen and oxygen atoms in total. The van der Waals surface area contributed by atoms with Crippen molar-refractivity contribution in [2.45, 2.75) is 0 Å². The van der Waals surface area contributed by atoms with Crippen LogP contribution in [0, 0.1) is 0 Å². The molecule has 20 aromatic rings. The summed E-state index contributed by atoms with van der Waals surface area (Å²) in [5.41, 5.74) is 28.6. The molecule has 0 unspecified atom stereocenters. The zero-order chi connectivity index (χ0) is 61.7. The van der Waals surface area contributed by atoms with Gasteiger partial charge in [-0.3, -0.25) is 0 Å². The molecule has 0 aliphatic heterocycles. The Morgan fingerprint density at radius 2 is 0.758 bits per heavy atom. The highest BCUT2D eigenvalue weighted by Gasteiger charge is 2.29. The molecule has 5 heteroatoms. The lowest BCUT2D eigenvalue weighted by Crippen LogP contribution is -2.01. The van der Waals surface area contributed by atoms with Crippen molar-refractivity contribution in [2.75, 3.05) is 0 Å². The van der Waals surface area contributed by atoms with Gasteiger partial charge in [0, 0.05) is 59.9 Å². The highest BCUT2D eigenvalue weighted by molar-refractivity contribution is 6.32. The molecule has 0 radical (unpaired) electrons. The normalized spacial score (nSPS) is 12.4. The number of benzene rings is 16. The van der Waals surface area contributed by atoms with E-state index in [1.54, 1.807) is 0 Å². The first-order valence-corrected chi connectivity index (χ1v) is 32.7. The summed E-state index contributed by atoms with van der Waals surface area (Å²) in [6.07, 6.45) is 0. The van der Waals surface area contributed by atoms with E-state index in [-0.39, 0.29) is 0 Å². The summed E-state index contributed by atoms with van der Waals surface area (Å²) >= 11 is 0. The van der Waals surface area contributed by atoms with Crippen LogP contribution in [0.3, 0.4) is 0 Å². The Labute approximate surface area is 543 Å². The van der Waals surface area contributed by atoms with Crippen LogP contribution in [0.25, 0.3) is 220 Å². The number of para-hydroxylation sites is 1. The number of hydrogen-bond donors (Lipinski definition) is 0. The van der Waals surface area contributed by atoms with E-state index in [0.29, 0.717) is 0 Å². The summed E-state index contributed by atoms with van der Waals surface area (Å²) in [4.78, 5) is 11.6. The predicted molar refractivity (Wildman–Crippen MR) is 396 cm³/mol. The fourth-order valence-corrected chi connectivity index (χ4v) is 16.9. The predicted octanol–water partition coefficient (Wildman–Crippen LogP) is 24.3. The van der Waals surface area contributed by atoms with E-state index in [2.05, 4.69) is 306 Å². The maximum atomic E-state index is 6.37. The number of hydrogen-bond acceptors (Lipinski definition) is 3. The lowest BCUT2D eigenvalue weighted by Gasteiger charge is -2.17. The van der Waals surface area contributed by atoms with Gasteiger partial charge in [-0.05, 0) is 166 Å². The second kappa shape index (κ2) is 19.0. The Morgan fingerprint density at radius 3 is 1.53 bits per heavy atom. The molecule has 4 aromatic heterocycles. The molecule has 0 N–H and O–H groups in total. The minimum atomic E-state index is 0.838. The molecule has 2 aliphatic carbocycles. The fourth-order valence-electron chi connectivity index (χ4n) is 16.9. The lowest BCUT2D eigenvalue weighted by molar-refractivity contribution is 0.669. The number of fused-ring (bicyclic) bond motifs is 13. The molecule has 0 atom stereocenters. The zero-order valence-electron chi connectivity index (χ0n) is 51.1. The van der Waals surface area contributed by atoms with Gasteiger partial charge in [-0.1, -0.05) is 237 Å². The van der Waals surface area contributed by atoms with Crippen molar-refractivity contribution >= 4 is 120 Å². The summed E-state index contributed by atoms with van der Waals surface area (Å²) in [6.45, 7) is 0. The second-order valence-electron chi connectivity index (χ2n) is 25.8. The summed E-state index contributed by atoms with van der Waals surface area (Å²) < 4.78 is 11.3. The summed E-state index contributed by atoms with van der Waals surface area (Å²) in [6, 6.07) is 112. The van der Waals surface area contributed by atoms with Crippen LogP contribution >= 0.6 is 0 Å². The third-order valence-electron chi connectivity index (χ3n) is 20.9. The molecule has 0 fully saturated rings. The van der Waals surface area contributed by atoms with Gasteiger partial charge in [0.15, 0.2) is 0 Å². The fraction of sp³-hybridized carbons (Fsp3) is 0. The van der Waals surface area contributed by atoms with Gasteiger partial charge < -0.3 is 13.6 Å². The second-order valence-corrected chi connectivity index (χ2v) is 25.8. The lowest BCUT2D eigenvalue weighted by atomic mass is 9.90. The van der Waals surface area contributed by atoms with E-state index in [9.17, 15) is 0 Å². The topological polar surface area (TPSA) is 48.8 Å². The van der Waals surface area contributed by atoms with Crippen LogP contribution in [0.2, 0.25) is 0 Å². The van der Waals surface area contributed by atoms with Crippen LogP contribution in [0.5, 0.6) is 0 Å². The van der Waals surface area contributed by atoms with E-state index < -0.39 is 0 Å². The molecular formula is C90H50N4O. The quantitative estimate of drug-likeness (QED) is 0.156. The van der Waals surface area contributed by atoms with Gasteiger partial charge in [0.1, 0.15) is 11.2 Å². The van der Waals surface area contributed by atoms with Gasteiger partial charge >= 0.3 is 0 Å². The molecule has 2 aliphatic rings. The number of furan rings is 1. The maximum absolute atomic E-state index is 6.37. The van der Waals surface area contributed by atoms with Gasteiger partial charge in [0.05, 0.1) is 50.2 Å². The summed E-state index contributed by atoms with van der Waals surface area (Å²) in [7, 11) is 0. The highest BCUT2D eigenvalue weighted by atomic mass is 16.3. The Hall–Kier alpha value is -12.7. The van der Waals surface area contributed by atoms with Crippen molar-refractivity contribution in [1.82, 2.24) is 19.1 Å². The Bertz CT molecular complexity index is 6840. The van der Waals surface area contributed by atoms with Gasteiger partial charge in [-0.2, -0.15) is 0 Å². The maximum Gasteiger partial charge on any atom is 0.136 e. The van der Waals surface area contributed by atoms with E-state index in [1.165, 1.54) is 115 Å². The SMILES string of the molecule is c1cc(-c2cccc3oc4ccccc4c23)cc(-n2c3cccc4c3c3c5c(cccc5ccc32)-c2cc(-c3ccc(-c5nc6c(cc(-n7c8cccc9c8c8c%10c(cccc%10ccc87)-c7ccccc7-9)c7ccccc76)nc5-c5ccc6ccccc6c5)cc3)ccc2-4)c1. The molecule has 0 bridgehead atoms. The van der Waals surface area contributed by atoms with Crippen LogP contribution in [0.1, 0.15) is 0 Å². The third kappa shape index (κ3) is 7.05. The summed E-state index contributed by atoms with van der Waals surface area (Å²) in [5.74, 6) is 0. The van der Waals surface area contributed by atoms with Crippen molar-refractivity contribution < 1.29 is 4.42 Å². The van der Waals surface area contributed by atoms with Crippen molar-refractivity contribution in [3.05, 3.63) is 303 Å². The van der Waals surface area contributed by atoms with Crippen LogP contribution in [-0.4, -0.2) is 19.1 Å². The molecule has 0 amide bonds. The highest BCUT2D eigenvalue weighted by Crippen LogP contribution is 2.53. The smallest absolute Gasteiger partial charge is 0.136 e. The molecule has 95 heavy (non-hydrogen) atoms. The molecule has 436 valence electrons. The molecule has 0 saturated carbocycles. The van der Waals surface area contributed by atoms with Crippen LogP contribution < -0.4 is 0 Å². The van der Waals surface area contributed by atoms with E-state index >= 15 is 0 Å². The van der Waals surface area contributed by atoms with E-state index in [1.807, 2.05) is 6.07 Å². The zero-order valence-corrected chi connectivity index (χ0v) is 51.1. The molecular weight excluding hydrogens is 1150 g/mol. The Kier molecular flexibility index (Phi) is 10.2. The van der Waals surface area contributed by atoms with Gasteiger partial charge in [0.25, 0.3) is 0 Å². The van der Waals surface area contributed by atoms with E-state index in [0.717, 1.165) is 105 Å². The Morgan fingerprint density at radius 1 is 0.242 bits per heavy atom. The minimum Gasteiger partial charge on any atom is -0.456 e. The molecule has 0 saturated heterocycles. The number of nitrogens with zero attached hydrogens (tertiary/aromatic N) is 4. The molecule has 0 spiro atoms. The first-order valence-electron chi connectivity index (χ1n) is 32.7.